The van der Waals surface area contributed by atoms with E-state index >= 15 is 0 Å². The summed E-state index contributed by atoms with van der Waals surface area (Å²) in [6, 6.07) is 13.1. The van der Waals surface area contributed by atoms with E-state index in [2.05, 4.69) is 41.4 Å². The van der Waals surface area contributed by atoms with Crippen LogP contribution in [0.3, 0.4) is 0 Å². The number of aliphatic hydroxyl groups is 1. The van der Waals surface area contributed by atoms with Crippen molar-refractivity contribution in [2.75, 3.05) is 12.4 Å². The summed E-state index contributed by atoms with van der Waals surface area (Å²) in [6.07, 6.45) is 1.96. The van der Waals surface area contributed by atoms with Crippen molar-refractivity contribution in [3.05, 3.63) is 47.7 Å². The molecule has 0 spiro atoms. The molecule has 2 heterocycles. The first kappa shape index (κ1) is 13.2. The lowest BCUT2D eigenvalue weighted by Crippen LogP contribution is -2.10. The van der Waals surface area contributed by atoms with Crippen LogP contribution in [0.5, 0.6) is 0 Å². The monoisotopic (exact) mass is 297 g/mol. The molecule has 0 aliphatic carbocycles. The minimum atomic E-state index is 0.291. The standard InChI is InChI=1S/C18H19NOS/c20-9-3-5-13-10-21-11-15-17-14-6-2-1-4-12(14)7-8-16(17)19-18(13)15/h1-2,4,6-8,13,19-20H,3,5,9-11H2. The van der Waals surface area contributed by atoms with Gasteiger partial charge in [0.1, 0.15) is 0 Å². The molecular formula is C18H19NOS. The average molecular weight is 297 g/mol. The predicted molar refractivity (Wildman–Crippen MR) is 91.0 cm³/mol. The lowest BCUT2D eigenvalue weighted by atomic mass is 9.96. The van der Waals surface area contributed by atoms with Crippen LogP contribution >= 0.6 is 11.8 Å². The summed E-state index contributed by atoms with van der Waals surface area (Å²) < 4.78 is 0. The van der Waals surface area contributed by atoms with Crippen molar-refractivity contribution in [3.63, 3.8) is 0 Å². The van der Waals surface area contributed by atoms with Gasteiger partial charge in [-0.3, -0.25) is 0 Å². The van der Waals surface area contributed by atoms with Gasteiger partial charge in [-0.05, 0) is 35.2 Å². The maximum Gasteiger partial charge on any atom is 0.0465 e. The van der Waals surface area contributed by atoms with E-state index in [-0.39, 0.29) is 0 Å². The fourth-order valence-electron chi connectivity index (χ4n) is 3.51. The molecule has 2 N–H and O–H groups in total. The van der Waals surface area contributed by atoms with Gasteiger partial charge >= 0.3 is 0 Å². The summed E-state index contributed by atoms with van der Waals surface area (Å²) >= 11 is 2.02. The summed E-state index contributed by atoms with van der Waals surface area (Å²) in [5, 5.41) is 13.2. The van der Waals surface area contributed by atoms with Gasteiger partial charge in [0.25, 0.3) is 0 Å². The van der Waals surface area contributed by atoms with Crippen LogP contribution in [0.25, 0.3) is 21.7 Å². The largest absolute Gasteiger partial charge is 0.396 e. The number of hydrogen-bond donors (Lipinski definition) is 2. The minimum absolute atomic E-state index is 0.291. The van der Waals surface area contributed by atoms with Crippen molar-refractivity contribution in [1.82, 2.24) is 4.98 Å². The van der Waals surface area contributed by atoms with Gasteiger partial charge < -0.3 is 10.1 Å². The number of aliphatic hydroxyl groups excluding tert-OH is 1. The van der Waals surface area contributed by atoms with Crippen LogP contribution in [0.1, 0.15) is 30.0 Å². The van der Waals surface area contributed by atoms with E-state index in [0.717, 1.165) is 24.3 Å². The first-order valence-corrected chi connectivity index (χ1v) is 8.75. The van der Waals surface area contributed by atoms with Crippen LogP contribution < -0.4 is 0 Å². The van der Waals surface area contributed by atoms with Crippen molar-refractivity contribution in [2.45, 2.75) is 24.5 Å². The van der Waals surface area contributed by atoms with Crippen molar-refractivity contribution >= 4 is 33.4 Å². The number of thioether (sulfide) groups is 1. The van der Waals surface area contributed by atoms with E-state index in [1.807, 2.05) is 11.8 Å². The zero-order valence-electron chi connectivity index (χ0n) is 11.9. The van der Waals surface area contributed by atoms with Crippen LogP contribution in [0.4, 0.5) is 0 Å². The molecule has 2 nitrogen and oxygen atoms in total. The third kappa shape index (κ3) is 2.16. The second-order valence-corrected chi connectivity index (χ2v) is 6.83. The Morgan fingerprint density at radius 3 is 3.00 bits per heavy atom. The van der Waals surface area contributed by atoms with Crippen LogP contribution in [0, 0.1) is 0 Å². The Labute approximate surface area is 128 Å². The van der Waals surface area contributed by atoms with Gasteiger partial charge in [-0.15, -0.1) is 0 Å². The number of benzene rings is 2. The summed E-state index contributed by atoms with van der Waals surface area (Å²) in [5.74, 6) is 2.81. The summed E-state index contributed by atoms with van der Waals surface area (Å²) in [4.78, 5) is 3.67. The van der Waals surface area contributed by atoms with Gasteiger partial charge in [0, 0.05) is 40.6 Å². The lowest BCUT2D eigenvalue weighted by Gasteiger charge is -2.22. The molecule has 0 bridgehead atoms. The number of aromatic amines is 1. The van der Waals surface area contributed by atoms with Gasteiger partial charge in [0.05, 0.1) is 0 Å². The molecular weight excluding hydrogens is 278 g/mol. The van der Waals surface area contributed by atoms with Crippen molar-refractivity contribution < 1.29 is 5.11 Å². The predicted octanol–water partition coefficient (Wildman–Crippen LogP) is 4.42. The van der Waals surface area contributed by atoms with E-state index < -0.39 is 0 Å². The molecule has 1 unspecified atom stereocenters. The fourth-order valence-corrected chi connectivity index (χ4v) is 4.75. The number of H-pyrrole nitrogens is 1. The molecule has 21 heavy (non-hydrogen) atoms. The van der Waals surface area contributed by atoms with Gasteiger partial charge in [-0.2, -0.15) is 11.8 Å². The van der Waals surface area contributed by atoms with E-state index in [4.69, 9.17) is 5.11 Å². The number of fused-ring (bicyclic) bond motifs is 5. The Balaban J connectivity index is 1.93. The topological polar surface area (TPSA) is 36.0 Å². The summed E-state index contributed by atoms with van der Waals surface area (Å²) in [7, 11) is 0. The second kappa shape index (κ2) is 5.39. The lowest BCUT2D eigenvalue weighted by molar-refractivity contribution is 0.280. The SMILES string of the molecule is OCCCC1CSCc2c1[nH]c1ccc3ccccc3c21. The first-order valence-electron chi connectivity index (χ1n) is 7.59. The molecule has 1 atom stereocenters. The molecule has 1 aromatic heterocycles. The maximum absolute atomic E-state index is 9.11. The quantitative estimate of drug-likeness (QED) is 0.750. The molecule has 0 saturated carbocycles. The van der Waals surface area contributed by atoms with Crippen LogP contribution in [-0.4, -0.2) is 22.5 Å². The van der Waals surface area contributed by atoms with Gasteiger partial charge in [0.2, 0.25) is 0 Å². The molecule has 108 valence electrons. The normalized spacial score (nSPS) is 18.2. The summed E-state index contributed by atoms with van der Waals surface area (Å²) in [5.41, 5.74) is 4.16. The van der Waals surface area contributed by atoms with Crippen molar-refractivity contribution in [3.8, 4) is 0 Å². The van der Waals surface area contributed by atoms with Crippen molar-refractivity contribution in [2.24, 2.45) is 0 Å². The van der Waals surface area contributed by atoms with Gasteiger partial charge in [0.15, 0.2) is 0 Å². The van der Waals surface area contributed by atoms with E-state index in [1.54, 1.807) is 0 Å². The van der Waals surface area contributed by atoms with Gasteiger partial charge in [-0.25, -0.2) is 0 Å². The van der Waals surface area contributed by atoms with Gasteiger partial charge in [-0.1, -0.05) is 30.3 Å². The molecule has 0 amide bonds. The van der Waals surface area contributed by atoms with Crippen LogP contribution in [0.15, 0.2) is 36.4 Å². The molecule has 3 aromatic rings. The maximum atomic E-state index is 9.11. The smallest absolute Gasteiger partial charge is 0.0465 e. The summed E-state index contributed by atoms with van der Waals surface area (Å²) in [6.45, 7) is 0.291. The molecule has 4 rings (SSSR count). The third-order valence-corrected chi connectivity index (χ3v) is 5.64. The second-order valence-electron chi connectivity index (χ2n) is 5.80. The number of aromatic nitrogens is 1. The third-order valence-electron chi connectivity index (χ3n) is 4.51. The molecule has 0 fully saturated rings. The highest BCUT2D eigenvalue weighted by Crippen LogP contribution is 2.41. The highest BCUT2D eigenvalue weighted by molar-refractivity contribution is 7.98. The highest BCUT2D eigenvalue weighted by atomic mass is 32.2. The molecule has 2 aromatic carbocycles. The Hall–Kier alpha value is -1.45. The van der Waals surface area contributed by atoms with Crippen molar-refractivity contribution in [1.29, 1.82) is 0 Å². The highest BCUT2D eigenvalue weighted by Gasteiger charge is 2.25. The molecule has 1 aliphatic rings. The zero-order chi connectivity index (χ0) is 14.2. The fraction of sp³-hybridized carbons (Fsp3) is 0.333. The zero-order valence-corrected chi connectivity index (χ0v) is 12.7. The Morgan fingerprint density at radius 2 is 2.10 bits per heavy atom. The number of hydrogen-bond acceptors (Lipinski definition) is 2. The first-order chi connectivity index (χ1) is 10.4. The number of rotatable bonds is 3. The minimum Gasteiger partial charge on any atom is -0.396 e. The van der Waals surface area contributed by atoms with E-state index in [1.165, 1.54) is 32.9 Å². The Morgan fingerprint density at radius 1 is 1.19 bits per heavy atom. The molecule has 1 aliphatic heterocycles. The molecule has 3 heteroatoms. The average Bonchev–Trinajstić information content (AvgIpc) is 2.92. The Bertz CT molecular complexity index is 792. The molecule has 0 saturated heterocycles. The molecule has 0 radical (unpaired) electrons. The number of nitrogens with one attached hydrogen (secondary N) is 1. The van der Waals surface area contributed by atoms with E-state index in [0.29, 0.717) is 12.5 Å². The van der Waals surface area contributed by atoms with Crippen LogP contribution in [-0.2, 0) is 5.75 Å². The van der Waals surface area contributed by atoms with Crippen LogP contribution in [0.2, 0.25) is 0 Å². The van der Waals surface area contributed by atoms with E-state index in [9.17, 15) is 0 Å². The Kier molecular flexibility index (Phi) is 3.40.